The van der Waals surface area contributed by atoms with Gasteiger partial charge in [0, 0.05) is 5.56 Å². The molecule has 0 saturated heterocycles. The van der Waals surface area contributed by atoms with Crippen molar-refractivity contribution in [2.75, 3.05) is 0 Å². The van der Waals surface area contributed by atoms with Gasteiger partial charge in [-0.25, -0.2) is 0 Å². The van der Waals surface area contributed by atoms with E-state index in [1.807, 2.05) is 6.92 Å². The van der Waals surface area contributed by atoms with E-state index in [1.54, 1.807) is 24.3 Å². The van der Waals surface area contributed by atoms with Crippen LogP contribution in [0.1, 0.15) is 21.5 Å². The van der Waals surface area contributed by atoms with E-state index in [-0.39, 0.29) is 17.1 Å². The normalized spacial score (nSPS) is 10.4. The van der Waals surface area contributed by atoms with Crippen LogP contribution in [0, 0.1) is 6.92 Å². The van der Waals surface area contributed by atoms with Gasteiger partial charge in [-0.2, -0.15) is 0 Å². The van der Waals surface area contributed by atoms with Gasteiger partial charge in [-0.15, -0.1) is 0 Å². The van der Waals surface area contributed by atoms with E-state index in [0.29, 0.717) is 15.6 Å². The van der Waals surface area contributed by atoms with Gasteiger partial charge in [-0.05, 0) is 37.3 Å². The Kier molecular flexibility index (Phi) is 3.60. The van der Waals surface area contributed by atoms with Crippen LogP contribution in [0.4, 0.5) is 0 Å². The van der Waals surface area contributed by atoms with Crippen molar-refractivity contribution in [3.05, 3.63) is 63.1 Å². The molecule has 92 valence electrons. The van der Waals surface area contributed by atoms with Crippen LogP contribution in [0.3, 0.4) is 0 Å². The fraction of sp³-hybridized carbons (Fsp3) is 0.0714. The molecule has 0 aliphatic heterocycles. The lowest BCUT2D eigenvalue weighted by atomic mass is 10.0. The molecular formula is C14H10Cl2O2. The standard InChI is InChI=1S/C14H10Cl2O2/c1-8-2-5-13(17)10(6-8)14(18)9-3-4-11(15)12(16)7-9/h2-7,17H,1H3. The molecule has 4 heteroatoms. The third-order valence-electron chi connectivity index (χ3n) is 2.58. The Morgan fingerprint density at radius 2 is 1.78 bits per heavy atom. The molecule has 0 aromatic heterocycles. The van der Waals surface area contributed by atoms with Gasteiger partial charge >= 0.3 is 0 Å². The van der Waals surface area contributed by atoms with Gasteiger partial charge in [0.2, 0.25) is 0 Å². The smallest absolute Gasteiger partial charge is 0.196 e. The minimum absolute atomic E-state index is 0.0447. The minimum Gasteiger partial charge on any atom is -0.507 e. The average molecular weight is 281 g/mol. The fourth-order valence-electron chi connectivity index (χ4n) is 1.62. The summed E-state index contributed by atoms with van der Waals surface area (Å²) in [5, 5.41) is 10.4. The van der Waals surface area contributed by atoms with E-state index in [9.17, 15) is 9.90 Å². The third-order valence-corrected chi connectivity index (χ3v) is 3.32. The predicted octanol–water partition coefficient (Wildman–Crippen LogP) is 4.24. The van der Waals surface area contributed by atoms with Crippen molar-refractivity contribution < 1.29 is 9.90 Å². The lowest BCUT2D eigenvalue weighted by Gasteiger charge is -2.06. The number of rotatable bonds is 2. The van der Waals surface area contributed by atoms with Gasteiger partial charge in [-0.1, -0.05) is 34.8 Å². The SMILES string of the molecule is Cc1ccc(O)c(C(=O)c2ccc(Cl)c(Cl)c2)c1. The Morgan fingerprint density at radius 1 is 1.06 bits per heavy atom. The molecule has 2 aromatic carbocycles. The van der Waals surface area contributed by atoms with E-state index in [2.05, 4.69) is 0 Å². The number of benzene rings is 2. The minimum atomic E-state index is -0.283. The average Bonchev–Trinajstić information content (AvgIpc) is 2.35. The summed E-state index contributed by atoms with van der Waals surface area (Å²) >= 11 is 11.7. The van der Waals surface area contributed by atoms with E-state index >= 15 is 0 Å². The number of aryl methyl sites for hydroxylation is 1. The van der Waals surface area contributed by atoms with Crippen LogP contribution in [0.2, 0.25) is 10.0 Å². The molecule has 0 heterocycles. The van der Waals surface area contributed by atoms with E-state index < -0.39 is 0 Å². The number of ketones is 1. The maximum atomic E-state index is 12.2. The molecule has 2 aromatic rings. The number of hydrogen-bond donors (Lipinski definition) is 1. The van der Waals surface area contributed by atoms with Crippen LogP contribution in [0.25, 0.3) is 0 Å². The first-order chi connectivity index (χ1) is 8.49. The second-order valence-corrected chi connectivity index (χ2v) is 4.79. The van der Waals surface area contributed by atoms with Crippen LogP contribution < -0.4 is 0 Å². The molecule has 0 aliphatic rings. The number of carbonyl (C=O) groups is 1. The van der Waals surface area contributed by atoms with Crippen molar-refractivity contribution in [3.8, 4) is 5.75 Å². The topological polar surface area (TPSA) is 37.3 Å². The van der Waals surface area contributed by atoms with E-state index in [4.69, 9.17) is 23.2 Å². The first-order valence-corrected chi connectivity index (χ1v) is 6.04. The second kappa shape index (κ2) is 5.01. The Morgan fingerprint density at radius 3 is 2.44 bits per heavy atom. The lowest BCUT2D eigenvalue weighted by molar-refractivity contribution is 0.103. The predicted molar refractivity (Wildman–Crippen MR) is 72.7 cm³/mol. The zero-order valence-electron chi connectivity index (χ0n) is 9.58. The van der Waals surface area contributed by atoms with Crippen molar-refractivity contribution in [2.24, 2.45) is 0 Å². The third kappa shape index (κ3) is 2.50. The quantitative estimate of drug-likeness (QED) is 0.836. The molecule has 0 radical (unpaired) electrons. The van der Waals surface area contributed by atoms with Crippen molar-refractivity contribution in [3.63, 3.8) is 0 Å². The van der Waals surface area contributed by atoms with Crippen LogP contribution in [0.5, 0.6) is 5.75 Å². The molecule has 0 unspecified atom stereocenters. The maximum absolute atomic E-state index is 12.2. The number of halogens is 2. The zero-order chi connectivity index (χ0) is 13.3. The van der Waals surface area contributed by atoms with Crippen molar-refractivity contribution in [2.45, 2.75) is 6.92 Å². The first-order valence-electron chi connectivity index (χ1n) is 5.28. The summed E-state index contributed by atoms with van der Waals surface area (Å²) in [5.74, 6) is -0.327. The maximum Gasteiger partial charge on any atom is 0.196 e. The second-order valence-electron chi connectivity index (χ2n) is 3.98. The molecule has 0 bridgehead atoms. The Hall–Kier alpha value is -1.51. The van der Waals surface area contributed by atoms with Gasteiger partial charge in [0.15, 0.2) is 5.78 Å². The highest BCUT2D eigenvalue weighted by molar-refractivity contribution is 6.42. The molecule has 0 aliphatic carbocycles. The van der Waals surface area contributed by atoms with Gasteiger partial charge < -0.3 is 5.11 Å². The van der Waals surface area contributed by atoms with E-state index in [0.717, 1.165) is 5.56 Å². The summed E-state index contributed by atoms with van der Waals surface area (Å²) in [6.45, 7) is 1.85. The van der Waals surface area contributed by atoms with Crippen LogP contribution in [0.15, 0.2) is 36.4 Å². The molecule has 18 heavy (non-hydrogen) atoms. The molecule has 0 amide bonds. The van der Waals surface area contributed by atoms with Gasteiger partial charge in [-0.3, -0.25) is 4.79 Å². The lowest BCUT2D eigenvalue weighted by Crippen LogP contribution is -2.02. The largest absolute Gasteiger partial charge is 0.507 e. The van der Waals surface area contributed by atoms with Gasteiger partial charge in [0.25, 0.3) is 0 Å². The van der Waals surface area contributed by atoms with Crippen molar-refractivity contribution in [1.82, 2.24) is 0 Å². The van der Waals surface area contributed by atoms with E-state index in [1.165, 1.54) is 12.1 Å². The molecule has 0 atom stereocenters. The monoisotopic (exact) mass is 280 g/mol. The van der Waals surface area contributed by atoms with Crippen molar-refractivity contribution >= 4 is 29.0 Å². The zero-order valence-corrected chi connectivity index (χ0v) is 11.1. The van der Waals surface area contributed by atoms with Gasteiger partial charge in [0.1, 0.15) is 5.75 Å². The molecule has 0 spiro atoms. The molecule has 0 saturated carbocycles. The van der Waals surface area contributed by atoms with Crippen LogP contribution >= 0.6 is 23.2 Å². The highest BCUT2D eigenvalue weighted by Gasteiger charge is 2.14. The Bertz CT molecular complexity index is 621. The first kappa shape index (κ1) is 12.9. The van der Waals surface area contributed by atoms with Crippen LogP contribution in [-0.2, 0) is 0 Å². The summed E-state index contributed by atoms with van der Waals surface area (Å²) in [5.41, 5.74) is 1.55. The summed E-state index contributed by atoms with van der Waals surface area (Å²) in [6, 6.07) is 9.51. The fourth-order valence-corrected chi connectivity index (χ4v) is 1.92. The number of phenols is 1. The number of hydrogen-bond acceptors (Lipinski definition) is 2. The van der Waals surface area contributed by atoms with Gasteiger partial charge in [0.05, 0.1) is 15.6 Å². The summed E-state index contributed by atoms with van der Waals surface area (Å²) in [6.07, 6.45) is 0. The Balaban J connectivity index is 2.47. The van der Waals surface area contributed by atoms with Crippen LogP contribution in [-0.4, -0.2) is 10.9 Å². The molecule has 0 fully saturated rings. The highest BCUT2D eigenvalue weighted by Crippen LogP contribution is 2.26. The number of aromatic hydroxyl groups is 1. The molecular weight excluding hydrogens is 271 g/mol. The number of carbonyl (C=O) groups excluding carboxylic acids is 1. The highest BCUT2D eigenvalue weighted by atomic mass is 35.5. The molecule has 2 rings (SSSR count). The van der Waals surface area contributed by atoms with Crippen molar-refractivity contribution in [1.29, 1.82) is 0 Å². The summed E-state index contributed by atoms with van der Waals surface area (Å²) in [7, 11) is 0. The summed E-state index contributed by atoms with van der Waals surface area (Å²) < 4.78 is 0. The number of phenolic OH excluding ortho intramolecular Hbond substituents is 1. The molecule has 2 nitrogen and oxygen atoms in total. The Labute approximate surface area is 115 Å². The molecule has 1 N–H and O–H groups in total. The summed E-state index contributed by atoms with van der Waals surface area (Å²) in [4.78, 5) is 12.2.